The Morgan fingerprint density at radius 3 is 0.846 bits per heavy atom. The van der Waals surface area contributed by atoms with Gasteiger partial charge >= 0.3 is 20.1 Å². The quantitative estimate of drug-likeness (QED) is 0.164. The summed E-state index contributed by atoms with van der Waals surface area (Å²) in [5.41, 5.74) is 11.0. The smallest absolute Gasteiger partial charge is 0.379 e. The molecule has 0 unspecified atom stereocenters. The van der Waals surface area contributed by atoms with Crippen LogP contribution in [0.5, 0.6) is 0 Å². The van der Waals surface area contributed by atoms with Gasteiger partial charge in [-0.25, -0.2) is 0 Å². The number of hydrogen-bond donors (Lipinski definition) is 0. The van der Waals surface area contributed by atoms with Gasteiger partial charge in [0.25, 0.3) is 0 Å². The van der Waals surface area contributed by atoms with Gasteiger partial charge in [0.1, 0.15) is 0 Å². The predicted molar refractivity (Wildman–Crippen MR) is 226 cm³/mol. The van der Waals surface area contributed by atoms with Gasteiger partial charge in [-0.1, -0.05) is 104 Å². The van der Waals surface area contributed by atoms with Crippen LogP contribution in [0.3, 0.4) is 0 Å². The zero-order valence-electron chi connectivity index (χ0n) is 27.9. The summed E-state index contributed by atoms with van der Waals surface area (Å²) in [6.45, 7) is 6.45. The molecule has 0 saturated heterocycles. The monoisotopic (exact) mass is 1040 g/mol. The first-order valence-electron chi connectivity index (χ1n) is 16.5. The summed E-state index contributed by atoms with van der Waals surface area (Å²) in [7, 11) is 0. The van der Waals surface area contributed by atoms with Crippen molar-refractivity contribution >= 4 is 83.1 Å². The molecule has 9 rings (SSSR count). The first-order chi connectivity index (χ1) is 25.0. The molecule has 258 valence electrons. The van der Waals surface area contributed by atoms with Crippen LogP contribution in [0.2, 0.25) is 0 Å². The van der Waals surface area contributed by atoms with Crippen LogP contribution in [0, 0.1) is 19.6 Å². The summed E-state index contributed by atoms with van der Waals surface area (Å²) in [6.07, 6.45) is 12.7. The van der Waals surface area contributed by atoms with Crippen molar-refractivity contribution in [3.63, 3.8) is 0 Å². The molecule has 0 amide bonds. The van der Waals surface area contributed by atoms with Gasteiger partial charge in [0.05, 0.1) is 0 Å². The zero-order chi connectivity index (χ0) is 35.0. The molecule has 3 nitrogen and oxygen atoms in total. The second-order valence-corrected chi connectivity index (χ2v) is 14.6. The van der Waals surface area contributed by atoms with E-state index in [0.717, 1.165) is 13.4 Å². The van der Waals surface area contributed by atoms with Crippen LogP contribution in [0.15, 0.2) is 178 Å². The van der Waals surface area contributed by atoms with Crippen molar-refractivity contribution in [3.05, 3.63) is 231 Å². The normalized spacial score (nSPS) is 12.9. The number of benzene rings is 6. The predicted octanol–water partition coefficient (Wildman–Crippen LogP) is 13.3. The largest absolute Gasteiger partial charge is 3.00 e. The Balaban J connectivity index is 0.000000133. The molecule has 0 radical (unpaired) electrons. The first-order valence-corrected chi connectivity index (χ1v) is 18.8. The Labute approximate surface area is 345 Å². The third kappa shape index (κ3) is 9.54. The van der Waals surface area contributed by atoms with Crippen LogP contribution in [-0.4, -0.2) is 0 Å². The second-order valence-electron chi connectivity index (χ2n) is 11.9. The number of nitrogens with zero attached hydrogens (tertiary/aromatic N) is 3. The minimum absolute atomic E-state index is 0. The molecule has 0 N–H and O–H groups in total. The fourth-order valence-electron chi connectivity index (χ4n) is 5.72. The Hall–Kier alpha value is -4.36. The number of halogens is 3. The molecular weight excluding hydrogens is 1010 g/mol. The van der Waals surface area contributed by atoms with Crippen molar-refractivity contribution in [1.82, 2.24) is 0 Å². The summed E-state index contributed by atoms with van der Waals surface area (Å²) in [5, 5.41) is 0. The third-order valence-corrected chi connectivity index (χ3v) is 10.0. The average Bonchev–Trinajstić information content (AvgIpc) is 3.19. The van der Waals surface area contributed by atoms with Crippen molar-refractivity contribution < 1.29 is 20.1 Å². The summed E-state index contributed by atoms with van der Waals surface area (Å²) >= 11 is 10.3. The van der Waals surface area contributed by atoms with E-state index in [0.29, 0.717) is 0 Å². The molecular formula is C45H33Br3IrN3. The van der Waals surface area contributed by atoms with Crippen molar-refractivity contribution in [2.75, 3.05) is 14.7 Å². The Morgan fingerprint density at radius 2 is 0.577 bits per heavy atom. The van der Waals surface area contributed by atoms with Gasteiger partial charge in [0.2, 0.25) is 0 Å². The zero-order valence-corrected chi connectivity index (χ0v) is 35.0. The van der Waals surface area contributed by atoms with E-state index in [1.165, 1.54) is 50.4 Å². The van der Waals surface area contributed by atoms with Crippen LogP contribution in [0.1, 0.15) is 33.4 Å². The Morgan fingerprint density at radius 1 is 0.327 bits per heavy atom. The Bertz CT molecular complexity index is 1930. The minimum Gasteiger partial charge on any atom is -0.379 e. The molecule has 6 aromatic carbocycles. The maximum Gasteiger partial charge on any atom is 3.00 e. The van der Waals surface area contributed by atoms with Crippen molar-refractivity contribution in [1.29, 1.82) is 0 Å². The molecule has 3 heterocycles. The number of anilines is 3. The molecule has 6 aromatic rings. The SMILES string of the molecule is Brc1ccc(N2C=Cc3ccccc3[CH-]2)cc1.Brc1ccc(N2C=Cc3ccccc3[CH-]2)cc1.Brc1ccc(N2C=Cc3ccccc3[CH-]2)cc1.[Ir+3]. The van der Waals surface area contributed by atoms with Crippen molar-refractivity contribution in [2.45, 2.75) is 0 Å². The van der Waals surface area contributed by atoms with E-state index >= 15 is 0 Å². The standard InChI is InChI=1S/3C15H11BrN.Ir/c3*16-14-5-7-15(8-6-14)17-10-9-12-3-1-2-4-13(12)11-17;/h3*1-11H;/q3*-1;+3. The van der Waals surface area contributed by atoms with Crippen molar-refractivity contribution in [3.8, 4) is 0 Å². The summed E-state index contributed by atoms with van der Waals surface area (Å²) < 4.78 is 3.30. The van der Waals surface area contributed by atoms with E-state index in [-0.39, 0.29) is 20.1 Å². The maximum absolute atomic E-state index is 3.45. The molecule has 3 aliphatic rings. The van der Waals surface area contributed by atoms with Crippen LogP contribution in [0.25, 0.3) is 18.2 Å². The van der Waals surface area contributed by atoms with E-state index in [1.54, 1.807) is 0 Å². The molecule has 0 aromatic heterocycles. The van der Waals surface area contributed by atoms with Crippen molar-refractivity contribution in [2.24, 2.45) is 0 Å². The second kappa shape index (κ2) is 17.9. The van der Waals surface area contributed by atoms with Gasteiger partial charge in [0.15, 0.2) is 0 Å². The van der Waals surface area contributed by atoms with E-state index in [4.69, 9.17) is 0 Å². The fraction of sp³-hybridized carbons (Fsp3) is 0. The fourth-order valence-corrected chi connectivity index (χ4v) is 6.52. The number of rotatable bonds is 3. The van der Waals surface area contributed by atoms with Gasteiger partial charge < -0.3 is 14.7 Å². The molecule has 0 fully saturated rings. The van der Waals surface area contributed by atoms with Crippen LogP contribution < -0.4 is 14.7 Å². The van der Waals surface area contributed by atoms with Gasteiger partial charge in [-0.3, -0.25) is 0 Å². The van der Waals surface area contributed by atoms with Crippen LogP contribution in [-0.2, 0) is 20.1 Å². The summed E-state index contributed by atoms with van der Waals surface area (Å²) in [4.78, 5) is 6.40. The van der Waals surface area contributed by atoms with E-state index in [2.05, 4.69) is 265 Å². The molecule has 7 heteroatoms. The molecule has 52 heavy (non-hydrogen) atoms. The van der Waals surface area contributed by atoms with Gasteiger partial charge in [-0.2, -0.15) is 34.9 Å². The average molecular weight is 1050 g/mol. The van der Waals surface area contributed by atoms with E-state index in [1.807, 2.05) is 0 Å². The third-order valence-electron chi connectivity index (χ3n) is 8.44. The minimum atomic E-state index is 0. The van der Waals surface area contributed by atoms with Gasteiger partial charge in [-0.05, 0) is 91.4 Å². The van der Waals surface area contributed by atoms with Crippen LogP contribution in [0.4, 0.5) is 17.1 Å². The summed E-state index contributed by atoms with van der Waals surface area (Å²) in [5.74, 6) is 0. The maximum atomic E-state index is 3.45. The molecule has 0 aliphatic carbocycles. The molecule has 0 saturated carbocycles. The van der Waals surface area contributed by atoms with E-state index < -0.39 is 0 Å². The topological polar surface area (TPSA) is 9.72 Å². The molecule has 0 bridgehead atoms. The first kappa shape index (κ1) is 37.4. The molecule has 3 aliphatic heterocycles. The van der Waals surface area contributed by atoms with E-state index in [9.17, 15) is 0 Å². The van der Waals surface area contributed by atoms with Gasteiger partial charge in [0, 0.05) is 30.5 Å². The van der Waals surface area contributed by atoms with Gasteiger partial charge in [-0.15, -0.1) is 53.1 Å². The molecule has 0 spiro atoms. The number of hydrogen-bond acceptors (Lipinski definition) is 3. The summed E-state index contributed by atoms with van der Waals surface area (Å²) in [6, 6.07) is 50.0. The Kier molecular flexibility index (Phi) is 12.9. The van der Waals surface area contributed by atoms with Crippen LogP contribution >= 0.6 is 47.8 Å². The molecule has 0 atom stereocenters. The number of fused-ring (bicyclic) bond motifs is 3.